The molecule has 0 aliphatic carbocycles. The lowest BCUT2D eigenvalue weighted by Gasteiger charge is -2.10. The molecule has 2 aromatic carbocycles. The molecular weight excluding hydrogens is 303 g/mol. The summed E-state index contributed by atoms with van der Waals surface area (Å²) in [6, 6.07) is 9.95. The van der Waals surface area contributed by atoms with E-state index in [4.69, 9.17) is 0 Å². The van der Waals surface area contributed by atoms with E-state index in [1.165, 1.54) is 0 Å². The molecule has 2 aromatic rings. The first-order valence-electron chi connectivity index (χ1n) is 5.95. The summed E-state index contributed by atoms with van der Waals surface area (Å²) in [5.41, 5.74) is 0.421. The van der Waals surface area contributed by atoms with Crippen molar-refractivity contribution in [3.8, 4) is 0 Å². The average molecular weight is 315 g/mol. The Kier molecular flexibility index (Phi) is 3.95. The van der Waals surface area contributed by atoms with Gasteiger partial charge in [-0.05, 0) is 43.3 Å². The van der Waals surface area contributed by atoms with E-state index in [1.54, 1.807) is 24.3 Å². The Labute approximate surface area is 120 Å². The van der Waals surface area contributed by atoms with Crippen LogP contribution in [0.4, 0.5) is 18.9 Å². The first-order valence-corrected chi connectivity index (χ1v) is 7.43. The Hall–Kier alpha value is -2.02. The molecule has 0 saturated heterocycles. The number of alkyl halides is 3. The van der Waals surface area contributed by atoms with Crippen molar-refractivity contribution >= 4 is 15.7 Å². The van der Waals surface area contributed by atoms with Gasteiger partial charge in [-0.25, -0.2) is 8.42 Å². The van der Waals surface area contributed by atoms with Gasteiger partial charge >= 0.3 is 6.18 Å². The zero-order chi connectivity index (χ0) is 15.7. The van der Waals surface area contributed by atoms with Gasteiger partial charge in [0.2, 0.25) is 0 Å². The maximum Gasteiger partial charge on any atom is 0.416 e. The number of hydrogen-bond donors (Lipinski definition) is 1. The number of nitrogens with one attached hydrogen (secondary N) is 1. The molecule has 0 bridgehead atoms. The Morgan fingerprint density at radius 2 is 1.43 bits per heavy atom. The summed E-state index contributed by atoms with van der Waals surface area (Å²) < 4.78 is 63.7. The van der Waals surface area contributed by atoms with E-state index in [9.17, 15) is 21.6 Å². The number of aryl methyl sites for hydroxylation is 1. The predicted molar refractivity (Wildman–Crippen MR) is 73.4 cm³/mol. The van der Waals surface area contributed by atoms with Crippen LogP contribution in [0.3, 0.4) is 0 Å². The molecule has 0 spiro atoms. The minimum Gasteiger partial charge on any atom is -0.280 e. The zero-order valence-corrected chi connectivity index (χ0v) is 11.8. The highest BCUT2D eigenvalue weighted by Gasteiger charge is 2.30. The monoisotopic (exact) mass is 315 g/mol. The van der Waals surface area contributed by atoms with Crippen LogP contribution < -0.4 is 4.72 Å². The molecule has 2 rings (SSSR count). The molecule has 0 amide bonds. The summed E-state index contributed by atoms with van der Waals surface area (Å²) in [6.45, 7) is 1.86. The Morgan fingerprint density at radius 1 is 0.905 bits per heavy atom. The van der Waals surface area contributed by atoms with Gasteiger partial charge in [0.25, 0.3) is 10.0 Å². The summed E-state index contributed by atoms with van der Waals surface area (Å²) in [5, 5.41) is 0. The molecule has 0 unspecified atom stereocenters. The van der Waals surface area contributed by atoms with Crippen LogP contribution in [0.1, 0.15) is 11.1 Å². The zero-order valence-electron chi connectivity index (χ0n) is 11.0. The molecule has 112 valence electrons. The van der Waals surface area contributed by atoms with Crippen LogP contribution in [0.2, 0.25) is 0 Å². The topological polar surface area (TPSA) is 46.2 Å². The molecule has 0 aromatic heterocycles. The van der Waals surface area contributed by atoms with Gasteiger partial charge in [0.05, 0.1) is 10.5 Å². The second-order valence-corrected chi connectivity index (χ2v) is 6.18. The number of hydrogen-bond acceptors (Lipinski definition) is 2. The maximum atomic E-state index is 12.4. The van der Waals surface area contributed by atoms with Crippen molar-refractivity contribution in [3.05, 3.63) is 59.7 Å². The third-order valence-electron chi connectivity index (χ3n) is 2.80. The molecule has 1 N–H and O–H groups in total. The van der Waals surface area contributed by atoms with Crippen LogP contribution in [0.25, 0.3) is 0 Å². The van der Waals surface area contributed by atoms with E-state index in [1.807, 2.05) is 6.92 Å². The third kappa shape index (κ3) is 3.75. The quantitative estimate of drug-likeness (QED) is 0.936. The van der Waals surface area contributed by atoms with E-state index in [-0.39, 0.29) is 4.90 Å². The number of halogens is 3. The lowest BCUT2D eigenvalue weighted by molar-refractivity contribution is -0.137. The van der Waals surface area contributed by atoms with Crippen molar-refractivity contribution in [1.29, 1.82) is 0 Å². The Bertz CT molecular complexity index is 720. The van der Waals surface area contributed by atoms with Gasteiger partial charge in [0, 0.05) is 5.69 Å². The molecule has 0 aliphatic heterocycles. The largest absolute Gasteiger partial charge is 0.416 e. The van der Waals surface area contributed by atoms with E-state index in [0.29, 0.717) is 5.69 Å². The van der Waals surface area contributed by atoms with Gasteiger partial charge in [-0.2, -0.15) is 13.2 Å². The van der Waals surface area contributed by atoms with Gasteiger partial charge in [0.1, 0.15) is 0 Å². The van der Waals surface area contributed by atoms with Crippen molar-refractivity contribution in [2.24, 2.45) is 0 Å². The van der Waals surface area contributed by atoms with Crippen LogP contribution in [0, 0.1) is 6.92 Å². The summed E-state index contributed by atoms with van der Waals surface area (Å²) in [6.07, 6.45) is -4.49. The summed E-state index contributed by atoms with van der Waals surface area (Å²) in [5.74, 6) is 0. The molecule has 0 atom stereocenters. The highest BCUT2D eigenvalue weighted by Crippen LogP contribution is 2.30. The van der Waals surface area contributed by atoms with Gasteiger partial charge in [-0.1, -0.05) is 17.7 Å². The second-order valence-electron chi connectivity index (χ2n) is 4.49. The maximum absolute atomic E-state index is 12.4. The fourth-order valence-electron chi connectivity index (χ4n) is 1.66. The van der Waals surface area contributed by atoms with Gasteiger partial charge < -0.3 is 0 Å². The summed E-state index contributed by atoms with van der Waals surface area (Å²) >= 11 is 0. The van der Waals surface area contributed by atoms with Crippen molar-refractivity contribution < 1.29 is 21.6 Å². The lowest BCUT2D eigenvalue weighted by Crippen LogP contribution is -2.13. The van der Waals surface area contributed by atoms with Gasteiger partial charge in [0.15, 0.2) is 0 Å². The Morgan fingerprint density at radius 3 is 1.90 bits per heavy atom. The minimum atomic E-state index is -4.49. The highest BCUT2D eigenvalue weighted by atomic mass is 32.2. The molecule has 0 radical (unpaired) electrons. The highest BCUT2D eigenvalue weighted by molar-refractivity contribution is 7.92. The van der Waals surface area contributed by atoms with Crippen LogP contribution in [0.15, 0.2) is 53.4 Å². The van der Waals surface area contributed by atoms with Gasteiger partial charge in [-0.3, -0.25) is 4.72 Å². The average Bonchev–Trinajstić information content (AvgIpc) is 2.40. The molecule has 3 nitrogen and oxygen atoms in total. The minimum absolute atomic E-state index is 0.226. The van der Waals surface area contributed by atoms with Crippen molar-refractivity contribution in [2.75, 3.05) is 4.72 Å². The second kappa shape index (κ2) is 5.40. The number of anilines is 1. The molecule has 0 aliphatic rings. The molecule has 0 heterocycles. The fourth-order valence-corrected chi connectivity index (χ4v) is 2.72. The number of benzene rings is 2. The first-order chi connectivity index (χ1) is 9.68. The molecule has 21 heavy (non-hydrogen) atoms. The van der Waals surface area contributed by atoms with Crippen LogP contribution in [0.5, 0.6) is 0 Å². The summed E-state index contributed by atoms with van der Waals surface area (Å²) in [7, 11) is -3.91. The number of rotatable bonds is 3. The normalized spacial score (nSPS) is 12.2. The van der Waals surface area contributed by atoms with Crippen molar-refractivity contribution in [3.63, 3.8) is 0 Å². The first kappa shape index (κ1) is 15.4. The predicted octanol–water partition coefficient (Wildman–Crippen LogP) is 3.81. The third-order valence-corrected chi connectivity index (χ3v) is 4.19. The SMILES string of the molecule is Cc1ccc(NS(=O)(=O)c2ccc(C(F)(F)F)cc2)cc1. The van der Waals surface area contributed by atoms with Crippen molar-refractivity contribution in [1.82, 2.24) is 0 Å². The lowest BCUT2D eigenvalue weighted by atomic mass is 10.2. The van der Waals surface area contributed by atoms with Crippen LogP contribution in [-0.4, -0.2) is 8.42 Å². The smallest absolute Gasteiger partial charge is 0.280 e. The molecular formula is C14H12F3NO2S. The van der Waals surface area contributed by atoms with Crippen LogP contribution >= 0.6 is 0 Å². The van der Waals surface area contributed by atoms with E-state index >= 15 is 0 Å². The summed E-state index contributed by atoms with van der Waals surface area (Å²) in [4.78, 5) is -0.226. The van der Waals surface area contributed by atoms with E-state index < -0.39 is 21.8 Å². The van der Waals surface area contributed by atoms with E-state index in [2.05, 4.69) is 4.72 Å². The van der Waals surface area contributed by atoms with E-state index in [0.717, 1.165) is 29.8 Å². The van der Waals surface area contributed by atoms with Crippen molar-refractivity contribution in [2.45, 2.75) is 18.0 Å². The molecule has 7 heteroatoms. The molecule has 0 saturated carbocycles. The standard InChI is InChI=1S/C14H12F3NO2S/c1-10-2-6-12(7-3-10)18-21(19,20)13-8-4-11(5-9-13)14(15,16)17/h2-9,18H,1H3. The van der Waals surface area contributed by atoms with Gasteiger partial charge in [-0.15, -0.1) is 0 Å². The Balaban J connectivity index is 2.25. The fraction of sp³-hybridized carbons (Fsp3) is 0.143. The number of sulfonamides is 1. The van der Waals surface area contributed by atoms with Crippen LogP contribution in [-0.2, 0) is 16.2 Å². The molecule has 0 fully saturated rings.